The standard InChI is InChI=1S/C14H26N2O2/c1-6-11-7-8-16(10(11)2)13(18)12(15-9-17)14(3,4)5/h9-12H,6-8H2,1-5H3,(H,15,17)/t10?,11?,12-/m1/s1. The van der Waals surface area contributed by atoms with Gasteiger partial charge < -0.3 is 10.2 Å². The smallest absolute Gasteiger partial charge is 0.245 e. The predicted molar refractivity (Wildman–Crippen MR) is 72.0 cm³/mol. The van der Waals surface area contributed by atoms with Crippen LogP contribution in [-0.4, -0.2) is 35.8 Å². The van der Waals surface area contributed by atoms with Crippen LogP contribution in [0, 0.1) is 11.3 Å². The van der Waals surface area contributed by atoms with E-state index in [0.717, 1.165) is 19.4 Å². The van der Waals surface area contributed by atoms with Gasteiger partial charge in [0.25, 0.3) is 0 Å². The van der Waals surface area contributed by atoms with Gasteiger partial charge in [0, 0.05) is 12.6 Å². The van der Waals surface area contributed by atoms with Crippen molar-refractivity contribution in [2.75, 3.05) is 6.54 Å². The zero-order valence-corrected chi connectivity index (χ0v) is 12.2. The van der Waals surface area contributed by atoms with Gasteiger partial charge >= 0.3 is 0 Å². The Morgan fingerprint density at radius 1 is 1.50 bits per heavy atom. The molecule has 1 saturated heterocycles. The molecule has 0 spiro atoms. The average Bonchev–Trinajstić information content (AvgIpc) is 2.65. The molecular weight excluding hydrogens is 228 g/mol. The molecule has 0 saturated carbocycles. The van der Waals surface area contributed by atoms with E-state index in [2.05, 4.69) is 19.2 Å². The largest absolute Gasteiger partial charge is 0.346 e. The van der Waals surface area contributed by atoms with Crippen molar-refractivity contribution in [1.29, 1.82) is 0 Å². The van der Waals surface area contributed by atoms with E-state index in [1.807, 2.05) is 25.7 Å². The van der Waals surface area contributed by atoms with Crippen LogP contribution in [0.4, 0.5) is 0 Å². The van der Waals surface area contributed by atoms with Crippen molar-refractivity contribution in [3.8, 4) is 0 Å². The van der Waals surface area contributed by atoms with Crippen LogP contribution < -0.4 is 5.32 Å². The van der Waals surface area contributed by atoms with E-state index in [1.54, 1.807) is 0 Å². The van der Waals surface area contributed by atoms with Gasteiger partial charge in [-0.2, -0.15) is 0 Å². The Morgan fingerprint density at radius 2 is 2.11 bits per heavy atom. The Kier molecular flexibility index (Phi) is 4.77. The van der Waals surface area contributed by atoms with Crippen LogP contribution in [0.1, 0.15) is 47.5 Å². The van der Waals surface area contributed by atoms with Crippen molar-refractivity contribution < 1.29 is 9.59 Å². The number of hydrogen-bond donors (Lipinski definition) is 1. The third-order valence-corrected chi connectivity index (χ3v) is 4.07. The number of carbonyl (C=O) groups is 2. The van der Waals surface area contributed by atoms with Gasteiger partial charge in [0.05, 0.1) is 0 Å². The molecule has 0 aromatic rings. The molecule has 3 atom stereocenters. The molecular formula is C14H26N2O2. The van der Waals surface area contributed by atoms with Gasteiger partial charge in [-0.15, -0.1) is 0 Å². The third kappa shape index (κ3) is 3.03. The first-order chi connectivity index (χ1) is 8.32. The molecule has 1 fully saturated rings. The molecule has 0 aromatic heterocycles. The van der Waals surface area contributed by atoms with Gasteiger partial charge in [0.15, 0.2) is 0 Å². The lowest BCUT2D eigenvalue weighted by atomic mass is 9.85. The Morgan fingerprint density at radius 3 is 2.50 bits per heavy atom. The first kappa shape index (κ1) is 15.0. The summed E-state index contributed by atoms with van der Waals surface area (Å²) < 4.78 is 0. The van der Waals surface area contributed by atoms with Crippen molar-refractivity contribution in [3.05, 3.63) is 0 Å². The molecule has 104 valence electrons. The zero-order chi connectivity index (χ0) is 13.9. The van der Waals surface area contributed by atoms with E-state index in [1.165, 1.54) is 0 Å². The predicted octanol–water partition coefficient (Wildman–Crippen LogP) is 1.79. The second kappa shape index (κ2) is 5.72. The normalized spacial score (nSPS) is 25.9. The molecule has 1 heterocycles. The van der Waals surface area contributed by atoms with Gasteiger partial charge in [-0.1, -0.05) is 34.1 Å². The highest BCUT2D eigenvalue weighted by Crippen LogP contribution is 2.29. The molecule has 1 aliphatic heterocycles. The molecule has 2 unspecified atom stereocenters. The molecule has 1 aliphatic rings. The molecule has 1 rings (SSSR count). The van der Waals surface area contributed by atoms with Crippen molar-refractivity contribution >= 4 is 12.3 Å². The highest BCUT2D eigenvalue weighted by molar-refractivity contribution is 5.85. The zero-order valence-electron chi connectivity index (χ0n) is 12.2. The topological polar surface area (TPSA) is 49.4 Å². The van der Waals surface area contributed by atoms with Crippen LogP contribution in [0.5, 0.6) is 0 Å². The molecule has 0 aliphatic carbocycles. The first-order valence-electron chi connectivity index (χ1n) is 6.83. The lowest BCUT2D eigenvalue weighted by molar-refractivity contribution is -0.138. The minimum atomic E-state index is -0.437. The van der Waals surface area contributed by atoms with Crippen molar-refractivity contribution in [2.24, 2.45) is 11.3 Å². The number of carbonyl (C=O) groups excluding carboxylic acids is 2. The van der Waals surface area contributed by atoms with Gasteiger partial charge in [-0.05, 0) is 24.7 Å². The summed E-state index contributed by atoms with van der Waals surface area (Å²) >= 11 is 0. The van der Waals surface area contributed by atoms with E-state index in [9.17, 15) is 9.59 Å². The van der Waals surface area contributed by atoms with E-state index in [-0.39, 0.29) is 17.4 Å². The van der Waals surface area contributed by atoms with Crippen LogP contribution in [0.25, 0.3) is 0 Å². The van der Waals surface area contributed by atoms with Crippen molar-refractivity contribution in [3.63, 3.8) is 0 Å². The highest BCUT2D eigenvalue weighted by Gasteiger charge is 2.39. The van der Waals surface area contributed by atoms with E-state index >= 15 is 0 Å². The minimum absolute atomic E-state index is 0.0538. The number of likely N-dealkylation sites (tertiary alicyclic amines) is 1. The summed E-state index contributed by atoms with van der Waals surface area (Å²) in [7, 11) is 0. The Bertz CT molecular complexity index is 309. The molecule has 1 N–H and O–H groups in total. The maximum atomic E-state index is 12.6. The fraction of sp³-hybridized carbons (Fsp3) is 0.857. The second-order valence-electron chi connectivity index (χ2n) is 6.31. The summed E-state index contributed by atoms with van der Waals surface area (Å²) in [5.74, 6) is 0.642. The summed E-state index contributed by atoms with van der Waals surface area (Å²) in [6.45, 7) is 11.0. The molecule has 2 amide bonds. The molecule has 4 nitrogen and oxygen atoms in total. The number of nitrogens with one attached hydrogen (secondary N) is 1. The Hall–Kier alpha value is -1.06. The number of rotatable bonds is 4. The fourth-order valence-electron chi connectivity index (χ4n) is 2.79. The SMILES string of the molecule is CCC1CCN(C(=O)[C@@H](NC=O)C(C)(C)C)C1C. The molecule has 0 radical (unpaired) electrons. The minimum Gasteiger partial charge on any atom is -0.346 e. The van der Waals surface area contributed by atoms with Crippen LogP contribution >= 0.6 is 0 Å². The van der Waals surface area contributed by atoms with Crippen molar-refractivity contribution in [2.45, 2.75) is 59.5 Å². The number of amides is 2. The van der Waals surface area contributed by atoms with E-state index < -0.39 is 6.04 Å². The molecule has 4 heteroatoms. The maximum absolute atomic E-state index is 12.6. The fourth-order valence-corrected chi connectivity index (χ4v) is 2.79. The molecule has 0 aromatic carbocycles. The van der Waals surface area contributed by atoms with Gasteiger partial charge in [0.2, 0.25) is 12.3 Å². The van der Waals surface area contributed by atoms with Crippen LogP contribution in [-0.2, 0) is 9.59 Å². The summed E-state index contributed by atoms with van der Waals surface area (Å²) in [6.07, 6.45) is 2.81. The van der Waals surface area contributed by atoms with Crippen LogP contribution in [0.3, 0.4) is 0 Å². The Balaban J connectivity index is 2.82. The average molecular weight is 254 g/mol. The summed E-state index contributed by atoms with van der Waals surface area (Å²) in [5.41, 5.74) is -0.262. The summed E-state index contributed by atoms with van der Waals surface area (Å²) in [5, 5.41) is 2.68. The Labute approximate surface area is 110 Å². The monoisotopic (exact) mass is 254 g/mol. The summed E-state index contributed by atoms with van der Waals surface area (Å²) in [6, 6.07) is -0.158. The van der Waals surface area contributed by atoms with Crippen LogP contribution in [0.2, 0.25) is 0 Å². The highest BCUT2D eigenvalue weighted by atomic mass is 16.2. The third-order valence-electron chi connectivity index (χ3n) is 4.07. The van der Waals surface area contributed by atoms with Crippen LogP contribution in [0.15, 0.2) is 0 Å². The molecule has 18 heavy (non-hydrogen) atoms. The maximum Gasteiger partial charge on any atom is 0.245 e. The van der Waals surface area contributed by atoms with Gasteiger partial charge in [-0.3, -0.25) is 9.59 Å². The van der Waals surface area contributed by atoms with Gasteiger partial charge in [-0.25, -0.2) is 0 Å². The van der Waals surface area contributed by atoms with E-state index in [0.29, 0.717) is 12.3 Å². The van der Waals surface area contributed by atoms with Crippen molar-refractivity contribution in [1.82, 2.24) is 10.2 Å². The van der Waals surface area contributed by atoms with Gasteiger partial charge in [0.1, 0.15) is 6.04 Å². The lowest BCUT2D eigenvalue weighted by Crippen LogP contribution is -2.53. The lowest BCUT2D eigenvalue weighted by Gasteiger charge is -2.34. The molecule has 0 bridgehead atoms. The number of nitrogens with zero attached hydrogens (tertiary/aromatic N) is 1. The quantitative estimate of drug-likeness (QED) is 0.778. The van der Waals surface area contributed by atoms with E-state index in [4.69, 9.17) is 0 Å². The second-order valence-corrected chi connectivity index (χ2v) is 6.31. The first-order valence-corrected chi connectivity index (χ1v) is 6.83. The number of hydrogen-bond acceptors (Lipinski definition) is 2. The summed E-state index contributed by atoms with van der Waals surface area (Å²) in [4.78, 5) is 25.2.